The summed E-state index contributed by atoms with van der Waals surface area (Å²) in [6.45, 7) is -0.529. The lowest BCUT2D eigenvalue weighted by Crippen LogP contribution is -2.30. The Morgan fingerprint density at radius 1 is 1.24 bits per heavy atom. The van der Waals surface area contributed by atoms with E-state index in [1.807, 2.05) is 0 Å². The summed E-state index contributed by atoms with van der Waals surface area (Å²) in [6, 6.07) is -1.06. The second-order valence-electron chi connectivity index (χ2n) is 2.89. The van der Waals surface area contributed by atoms with E-state index in [0.717, 1.165) is 0 Å². The van der Waals surface area contributed by atoms with Crippen LogP contribution in [0.4, 0.5) is 0 Å². The third kappa shape index (κ3) is 17.4. The molecule has 17 heavy (non-hydrogen) atoms. The van der Waals surface area contributed by atoms with Gasteiger partial charge >= 0.3 is 11.9 Å². The van der Waals surface area contributed by atoms with Crippen LogP contribution in [0.25, 0.3) is 0 Å². The van der Waals surface area contributed by atoms with E-state index in [4.69, 9.17) is 25.6 Å². The van der Waals surface area contributed by atoms with Crippen molar-refractivity contribution < 1.29 is 37.9 Å². The van der Waals surface area contributed by atoms with Crippen LogP contribution in [-0.2, 0) is 19.7 Å². The lowest BCUT2D eigenvalue weighted by Gasteiger charge is -2.01. The molecule has 0 amide bonds. The molecule has 0 saturated carbocycles. The van der Waals surface area contributed by atoms with Crippen LogP contribution in [0.3, 0.4) is 0 Å². The van der Waals surface area contributed by atoms with E-state index in [1.54, 1.807) is 0 Å². The molecule has 0 aromatic rings. The van der Waals surface area contributed by atoms with Crippen LogP contribution in [0.5, 0.6) is 0 Å². The summed E-state index contributed by atoms with van der Waals surface area (Å²) in [5, 5.41) is 24.1. The second-order valence-corrected chi connectivity index (χ2v) is 4.46. The van der Waals surface area contributed by atoms with E-state index in [-0.39, 0.29) is 12.8 Å². The minimum Gasteiger partial charge on any atom is -0.481 e. The van der Waals surface area contributed by atoms with Gasteiger partial charge in [-0.1, -0.05) is 0 Å². The van der Waals surface area contributed by atoms with Crippen molar-refractivity contribution in [2.24, 2.45) is 5.73 Å². The normalized spacial score (nSPS) is 12.2. The van der Waals surface area contributed by atoms with E-state index in [9.17, 15) is 18.0 Å². The van der Waals surface area contributed by atoms with Crippen molar-refractivity contribution in [1.29, 1.82) is 0 Å². The van der Waals surface area contributed by atoms with E-state index in [1.165, 1.54) is 0 Å². The molecule has 0 unspecified atom stereocenters. The third-order valence-electron chi connectivity index (χ3n) is 1.34. The minimum absolute atomic E-state index is 0.0231. The van der Waals surface area contributed by atoms with Crippen molar-refractivity contribution in [3.05, 3.63) is 0 Å². The van der Waals surface area contributed by atoms with Gasteiger partial charge in [-0.15, -0.1) is 0 Å². The topological polar surface area (TPSA) is 175 Å². The van der Waals surface area contributed by atoms with Gasteiger partial charge in [-0.2, -0.15) is 8.42 Å². The fourth-order valence-electron chi connectivity index (χ4n) is 0.518. The lowest BCUT2D eigenvalue weighted by molar-refractivity contribution is -0.139. The first-order valence-corrected chi connectivity index (χ1v) is 5.97. The molecule has 0 fully saturated rings. The van der Waals surface area contributed by atoms with Crippen LogP contribution in [-0.4, -0.2) is 58.6 Å². The van der Waals surface area contributed by atoms with Gasteiger partial charge in [-0.3, -0.25) is 14.1 Å². The van der Waals surface area contributed by atoms with E-state index in [2.05, 4.69) is 0 Å². The highest BCUT2D eigenvalue weighted by molar-refractivity contribution is 7.85. The summed E-state index contributed by atoms with van der Waals surface area (Å²) in [6.07, 6.45) is -0.224. The van der Waals surface area contributed by atoms with Crippen LogP contribution in [0.2, 0.25) is 0 Å². The SMILES string of the molecule is N[C@@H](CCC(=O)O)C(=O)O.O=S(=O)(O)CCO. The minimum atomic E-state index is -3.92. The molecule has 0 spiro atoms. The summed E-state index contributed by atoms with van der Waals surface area (Å²) >= 11 is 0. The number of aliphatic hydroxyl groups is 1. The van der Waals surface area contributed by atoms with Crippen molar-refractivity contribution >= 4 is 22.1 Å². The van der Waals surface area contributed by atoms with Crippen LogP contribution < -0.4 is 5.73 Å². The summed E-state index contributed by atoms with van der Waals surface area (Å²) < 4.78 is 27.1. The summed E-state index contributed by atoms with van der Waals surface area (Å²) in [5.74, 6) is -2.77. The smallest absolute Gasteiger partial charge is 0.320 e. The number of nitrogens with two attached hydrogens (primary N) is 1. The largest absolute Gasteiger partial charge is 0.481 e. The van der Waals surface area contributed by atoms with Crippen molar-refractivity contribution in [2.45, 2.75) is 18.9 Å². The first-order valence-electron chi connectivity index (χ1n) is 4.36. The Morgan fingerprint density at radius 3 is 1.88 bits per heavy atom. The molecule has 6 N–H and O–H groups in total. The molecule has 1 atom stereocenters. The van der Waals surface area contributed by atoms with Crippen molar-refractivity contribution in [1.82, 2.24) is 0 Å². The number of carbonyl (C=O) groups is 2. The fraction of sp³-hybridized carbons (Fsp3) is 0.714. The average Bonchev–Trinajstić information content (AvgIpc) is 2.12. The van der Waals surface area contributed by atoms with Gasteiger partial charge in [0.25, 0.3) is 10.1 Å². The van der Waals surface area contributed by atoms with Gasteiger partial charge in [0.05, 0.1) is 12.4 Å². The van der Waals surface area contributed by atoms with Crippen molar-refractivity contribution in [3.8, 4) is 0 Å². The molecule has 0 aromatic heterocycles. The standard InChI is InChI=1S/C5H9NO4.C2H6O4S/c6-3(5(9)10)1-2-4(7)8;3-1-2-7(4,5)6/h3H,1-2,6H2,(H,7,8)(H,9,10);3H,1-2H2,(H,4,5,6)/t3-;/m0./s1. The maximum Gasteiger partial charge on any atom is 0.320 e. The van der Waals surface area contributed by atoms with Gasteiger partial charge in [-0.25, -0.2) is 0 Å². The molecule has 0 aromatic carbocycles. The molecular formula is C7H15NO8S. The number of aliphatic carboxylic acids is 2. The number of rotatable bonds is 6. The van der Waals surface area contributed by atoms with Gasteiger partial charge in [0.1, 0.15) is 6.04 Å². The van der Waals surface area contributed by atoms with Gasteiger partial charge in [0.2, 0.25) is 0 Å². The van der Waals surface area contributed by atoms with Gasteiger partial charge < -0.3 is 21.1 Å². The van der Waals surface area contributed by atoms with E-state index >= 15 is 0 Å². The lowest BCUT2D eigenvalue weighted by atomic mass is 10.2. The van der Waals surface area contributed by atoms with E-state index < -0.39 is 40.5 Å². The Labute approximate surface area is 97.6 Å². The average molecular weight is 273 g/mol. The number of hydrogen-bond acceptors (Lipinski definition) is 6. The van der Waals surface area contributed by atoms with Gasteiger partial charge in [0.15, 0.2) is 0 Å². The molecule has 9 nitrogen and oxygen atoms in total. The molecule has 0 bridgehead atoms. The Morgan fingerprint density at radius 2 is 1.71 bits per heavy atom. The van der Waals surface area contributed by atoms with Crippen LogP contribution in [0, 0.1) is 0 Å². The highest BCUT2D eigenvalue weighted by atomic mass is 32.2. The van der Waals surface area contributed by atoms with Crippen molar-refractivity contribution in [2.75, 3.05) is 12.4 Å². The Hall–Kier alpha value is -1.23. The summed E-state index contributed by atoms with van der Waals surface area (Å²) in [5.41, 5.74) is 5.00. The molecular weight excluding hydrogens is 258 g/mol. The van der Waals surface area contributed by atoms with Gasteiger partial charge in [-0.05, 0) is 6.42 Å². The quantitative estimate of drug-likeness (QED) is 0.347. The molecule has 0 radical (unpaired) electrons. The molecule has 0 rings (SSSR count). The maximum absolute atomic E-state index is 9.99. The Kier molecular flexibility index (Phi) is 9.47. The number of hydrogen-bond donors (Lipinski definition) is 5. The number of carboxylic acid groups (broad SMARTS) is 2. The molecule has 0 aliphatic heterocycles. The second kappa shape index (κ2) is 8.87. The maximum atomic E-state index is 9.99. The zero-order valence-corrected chi connectivity index (χ0v) is 9.63. The third-order valence-corrected chi connectivity index (χ3v) is 2.03. The molecule has 0 aliphatic carbocycles. The van der Waals surface area contributed by atoms with Crippen LogP contribution >= 0.6 is 0 Å². The summed E-state index contributed by atoms with van der Waals surface area (Å²) in [4.78, 5) is 19.9. The van der Waals surface area contributed by atoms with Crippen molar-refractivity contribution in [3.63, 3.8) is 0 Å². The summed E-state index contributed by atoms with van der Waals surface area (Å²) in [7, 11) is -3.92. The fourth-order valence-corrected chi connectivity index (χ4v) is 0.749. The Balaban J connectivity index is 0. The number of carboxylic acids is 2. The van der Waals surface area contributed by atoms with Gasteiger partial charge in [0, 0.05) is 6.42 Å². The zero-order chi connectivity index (χ0) is 14.1. The predicted octanol–water partition coefficient (Wildman–Crippen LogP) is -1.87. The van der Waals surface area contributed by atoms with Crippen LogP contribution in [0.15, 0.2) is 0 Å². The molecule has 0 saturated heterocycles. The Bertz CT molecular complexity index is 338. The first-order chi connectivity index (χ1) is 7.60. The first kappa shape index (κ1) is 18.1. The van der Waals surface area contributed by atoms with Crippen LogP contribution in [0.1, 0.15) is 12.8 Å². The monoisotopic (exact) mass is 273 g/mol. The molecule has 102 valence electrons. The highest BCUT2D eigenvalue weighted by Crippen LogP contribution is 1.93. The number of aliphatic hydroxyl groups excluding tert-OH is 1. The molecule has 10 heteroatoms. The zero-order valence-electron chi connectivity index (χ0n) is 8.81. The molecule has 0 aliphatic rings. The highest BCUT2D eigenvalue weighted by Gasteiger charge is 2.12. The predicted molar refractivity (Wildman–Crippen MR) is 56.0 cm³/mol. The molecule has 0 heterocycles. The van der Waals surface area contributed by atoms with E-state index in [0.29, 0.717) is 0 Å².